The van der Waals surface area contributed by atoms with Gasteiger partial charge in [-0.2, -0.15) is 5.26 Å². The van der Waals surface area contributed by atoms with E-state index in [1.54, 1.807) is 30.2 Å². The molecule has 1 heterocycles. The molecule has 0 aliphatic rings. The van der Waals surface area contributed by atoms with Crippen molar-refractivity contribution in [2.45, 2.75) is 17.2 Å². The molecular weight excluding hydrogens is 406 g/mol. The van der Waals surface area contributed by atoms with Crippen molar-refractivity contribution in [1.29, 1.82) is 5.26 Å². The molecule has 0 saturated heterocycles. The summed E-state index contributed by atoms with van der Waals surface area (Å²) in [5, 5.41) is 20.0. The maximum absolute atomic E-state index is 12.9. The van der Waals surface area contributed by atoms with Crippen LogP contribution in [0, 0.1) is 11.3 Å². The van der Waals surface area contributed by atoms with Gasteiger partial charge < -0.3 is 5.32 Å². The Morgan fingerprint density at radius 1 is 1.00 bits per heavy atom. The second-order valence-electron chi connectivity index (χ2n) is 6.73. The van der Waals surface area contributed by atoms with Crippen LogP contribution in [0.5, 0.6) is 0 Å². The quantitative estimate of drug-likeness (QED) is 0.445. The van der Waals surface area contributed by atoms with Crippen molar-refractivity contribution >= 4 is 17.7 Å². The van der Waals surface area contributed by atoms with Crippen LogP contribution in [-0.2, 0) is 12.3 Å². The van der Waals surface area contributed by atoms with Crippen LogP contribution >= 0.6 is 11.8 Å². The summed E-state index contributed by atoms with van der Waals surface area (Å²) >= 11 is 1.59. The van der Waals surface area contributed by atoms with E-state index in [0.29, 0.717) is 22.7 Å². The van der Waals surface area contributed by atoms with Crippen molar-refractivity contribution < 1.29 is 4.79 Å². The van der Waals surface area contributed by atoms with Gasteiger partial charge in [0.2, 0.25) is 0 Å². The first kappa shape index (κ1) is 20.4. The minimum absolute atomic E-state index is 0.162. The maximum Gasteiger partial charge on any atom is 0.252 e. The molecule has 7 heteroatoms. The number of benzene rings is 3. The average molecular weight is 426 g/mol. The lowest BCUT2D eigenvalue weighted by molar-refractivity contribution is 0.0946. The zero-order chi connectivity index (χ0) is 21.5. The fraction of sp³-hybridized carbons (Fsp3) is 0.0833. The third-order valence-electron chi connectivity index (χ3n) is 4.67. The fourth-order valence-corrected chi connectivity index (χ4v) is 4.06. The Kier molecular flexibility index (Phi) is 6.41. The van der Waals surface area contributed by atoms with E-state index in [0.717, 1.165) is 16.1 Å². The highest BCUT2D eigenvalue weighted by molar-refractivity contribution is 7.98. The Bertz CT molecular complexity index is 1210. The molecular formula is C24H19N5OS. The molecule has 0 saturated carbocycles. The van der Waals surface area contributed by atoms with Gasteiger partial charge in [-0.25, -0.2) is 0 Å². The summed E-state index contributed by atoms with van der Waals surface area (Å²) in [6, 6.07) is 26.9. The molecule has 31 heavy (non-hydrogen) atoms. The Morgan fingerprint density at radius 3 is 2.52 bits per heavy atom. The number of carbonyl (C=O) groups is 1. The molecule has 0 atom stereocenters. The number of nitriles is 1. The number of carbonyl (C=O) groups excluding carboxylic acids is 1. The summed E-state index contributed by atoms with van der Waals surface area (Å²) in [4.78, 5) is 13.8. The van der Waals surface area contributed by atoms with Crippen LogP contribution in [0.3, 0.4) is 0 Å². The van der Waals surface area contributed by atoms with Gasteiger partial charge in [0.15, 0.2) is 5.82 Å². The highest BCUT2D eigenvalue weighted by Crippen LogP contribution is 2.26. The van der Waals surface area contributed by atoms with Crippen molar-refractivity contribution in [2.75, 3.05) is 0 Å². The molecule has 0 bridgehead atoms. The van der Waals surface area contributed by atoms with Gasteiger partial charge in [-0.15, -0.1) is 22.0 Å². The zero-order valence-electron chi connectivity index (χ0n) is 16.6. The molecule has 1 N–H and O–H groups in total. The van der Waals surface area contributed by atoms with E-state index in [-0.39, 0.29) is 12.5 Å². The van der Waals surface area contributed by atoms with Crippen molar-refractivity contribution in [2.24, 2.45) is 0 Å². The predicted molar refractivity (Wildman–Crippen MR) is 120 cm³/mol. The zero-order valence-corrected chi connectivity index (χ0v) is 17.4. The first-order valence-electron chi connectivity index (χ1n) is 9.68. The number of nitrogens with zero attached hydrogens (tertiary/aromatic N) is 4. The summed E-state index contributed by atoms with van der Waals surface area (Å²) in [5.74, 6) is 1.20. The van der Waals surface area contributed by atoms with E-state index in [4.69, 9.17) is 5.26 Å². The normalized spacial score (nSPS) is 10.4. The molecule has 6 nitrogen and oxygen atoms in total. The molecule has 4 aromatic rings. The van der Waals surface area contributed by atoms with E-state index in [1.807, 2.05) is 71.3 Å². The van der Waals surface area contributed by atoms with Gasteiger partial charge in [0.25, 0.3) is 5.91 Å². The van der Waals surface area contributed by atoms with Crippen molar-refractivity contribution in [1.82, 2.24) is 20.1 Å². The number of amides is 1. The lowest BCUT2D eigenvalue weighted by Gasteiger charge is -2.11. The number of rotatable bonds is 7. The van der Waals surface area contributed by atoms with Crippen LogP contribution in [0.4, 0.5) is 0 Å². The third-order valence-corrected chi connectivity index (χ3v) is 5.81. The van der Waals surface area contributed by atoms with Crippen LogP contribution in [0.25, 0.3) is 5.69 Å². The second-order valence-corrected chi connectivity index (χ2v) is 7.75. The third kappa shape index (κ3) is 5.00. The molecule has 4 rings (SSSR count). The second kappa shape index (κ2) is 9.74. The minimum atomic E-state index is -0.162. The molecule has 0 aliphatic carbocycles. The molecule has 0 aliphatic heterocycles. The lowest BCUT2D eigenvalue weighted by atomic mass is 10.2. The van der Waals surface area contributed by atoms with Crippen LogP contribution in [0.15, 0.2) is 90.1 Å². The van der Waals surface area contributed by atoms with Gasteiger partial charge >= 0.3 is 0 Å². The van der Waals surface area contributed by atoms with Crippen molar-refractivity contribution in [3.63, 3.8) is 0 Å². The largest absolute Gasteiger partial charge is 0.345 e. The average Bonchev–Trinajstić information content (AvgIpc) is 3.31. The maximum atomic E-state index is 12.9. The van der Waals surface area contributed by atoms with Gasteiger partial charge in [-0.05, 0) is 42.0 Å². The number of hydrogen-bond donors (Lipinski definition) is 1. The number of nitrogens with one attached hydrogen (secondary N) is 1. The summed E-state index contributed by atoms with van der Waals surface area (Å²) in [6.07, 6.45) is 1.64. The Labute approximate surface area is 184 Å². The Balaban J connectivity index is 1.43. The van der Waals surface area contributed by atoms with Gasteiger partial charge in [0, 0.05) is 16.3 Å². The first-order valence-corrected chi connectivity index (χ1v) is 10.7. The summed E-state index contributed by atoms with van der Waals surface area (Å²) < 4.78 is 1.85. The SMILES string of the molecule is N#Cc1ccc(CSc2ccccc2C(=O)NCc2nncn2-c2ccccc2)cc1. The molecule has 0 spiro atoms. The standard InChI is InChI=1S/C24H19N5OS/c25-14-18-10-12-19(13-11-18)16-31-22-9-5-4-8-21(22)24(30)26-15-23-28-27-17-29(23)20-6-2-1-3-7-20/h1-13,17H,15-16H2,(H,26,30). The number of hydrogen-bond acceptors (Lipinski definition) is 5. The summed E-state index contributed by atoms with van der Waals surface area (Å²) in [6.45, 7) is 0.266. The van der Waals surface area contributed by atoms with Gasteiger partial charge in [0.05, 0.1) is 23.7 Å². The van der Waals surface area contributed by atoms with E-state index in [1.165, 1.54) is 0 Å². The monoisotopic (exact) mass is 425 g/mol. The highest BCUT2D eigenvalue weighted by atomic mass is 32.2. The van der Waals surface area contributed by atoms with Gasteiger partial charge in [-0.1, -0.05) is 42.5 Å². The summed E-state index contributed by atoms with van der Waals surface area (Å²) in [7, 11) is 0. The lowest BCUT2D eigenvalue weighted by Crippen LogP contribution is -2.25. The Morgan fingerprint density at radius 2 is 1.74 bits per heavy atom. The highest BCUT2D eigenvalue weighted by Gasteiger charge is 2.13. The Hall–Kier alpha value is -3.89. The molecule has 0 fully saturated rings. The van der Waals surface area contributed by atoms with Crippen LogP contribution in [0.1, 0.15) is 27.3 Å². The van der Waals surface area contributed by atoms with Crippen LogP contribution in [0.2, 0.25) is 0 Å². The molecule has 1 aromatic heterocycles. The molecule has 1 amide bonds. The number of thioether (sulfide) groups is 1. The van der Waals surface area contributed by atoms with E-state index >= 15 is 0 Å². The van der Waals surface area contributed by atoms with E-state index in [9.17, 15) is 4.79 Å². The predicted octanol–water partition coefficient (Wildman–Crippen LogP) is 4.36. The first-order chi connectivity index (χ1) is 15.2. The van der Waals surface area contributed by atoms with E-state index in [2.05, 4.69) is 21.6 Å². The van der Waals surface area contributed by atoms with Gasteiger partial charge in [0.1, 0.15) is 6.33 Å². The van der Waals surface area contributed by atoms with Crippen molar-refractivity contribution in [3.8, 4) is 11.8 Å². The fourth-order valence-electron chi connectivity index (χ4n) is 3.05. The van der Waals surface area contributed by atoms with E-state index < -0.39 is 0 Å². The number of para-hydroxylation sites is 1. The smallest absolute Gasteiger partial charge is 0.252 e. The summed E-state index contributed by atoms with van der Waals surface area (Å²) in [5.41, 5.74) is 3.29. The molecule has 3 aromatic carbocycles. The van der Waals surface area contributed by atoms with Crippen LogP contribution < -0.4 is 5.32 Å². The minimum Gasteiger partial charge on any atom is -0.345 e. The topological polar surface area (TPSA) is 83.6 Å². The molecule has 0 unspecified atom stereocenters. The molecule has 152 valence electrons. The van der Waals surface area contributed by atoms with Gasteiger partial charge in [-0.3, -0.25) is 9.36 Å². The number of aromatic nitrogens is 3. The van der Waals surface area contributed by atoms with Crippen LogP contribution in [-0.4, -0.2) is 20.7 Å². The molecule has 0 radical (unpaired) electrons. The van der Waals surface area contributed by atoms with Crippen molar-refractivity contribution in [3.05, 3.63) is 108 Å².